The number of hydrogen-bond donors (Lipinski definition) is 0. The zero-order chi connectivity index (χ0) is 9.40. The summed E-state index contributed by atoms with van der Waals surface area (Å²) in [6.45, 7) is 5.56. The first-order chi connectivity index (χ1) is 5.76. The predicted octanol–water partition coefficient (Wildman–Crippen LogP) is 3.57. The fraction of sp³-hybridized carbons (Fsp3) is 0.400. The van der Waals surface area contributed by atoms with E-state index in [0.29, 0.717) is 5.88 Å². The number of rotatable bonds is 2. The van der Waals surface area contributed by atoms with E-state index < -0.39 is 0 Å². The van der Waals surface area contributed by atoms with Gasteiger partial charge >= 0.3 is 65.5 Å². The normalized spacial score (nSPS) is 14.1. The van der Waals surface area contributed by atoms with Gasteiger partial charge in [-0.3, -0.25) is 0 Å². The van der Waals surface area contributed by atoms with Crippen LogP contribution < -0.4 is 0 Å². The van der Waals surface area contributed by atoms with E-state index in [9.17, 15) is 0 Å². The molecule has 0 aromatic heterocycles. The van der Waals surface area contributed by atoms with E-state index in [4.69, 9.17) is 11.6 Å². The van der Waals surface area contributed by atoms with Crippen LogP contribution in [0.25, 0.3) is 0 Å². The van der Waals surface area contributed by atoms with Crippen molar-refractivity contribution in [1.82, 2.24) is 0 Å². The van der Waals surface area contributed by atoms with Crippen molar-refractivity contribution in [3.63, 3.8) is 0 Å². The minimum atomic E-state index is 0.556. The van der Waals surface area contributed by atoms with Crippen LogP contribution in [0.3, 0.4) is 0 Å². The topological polar surface area (TPSA) is 0 Å². The van der Waals surface area contributed by atoms with E-state index in [0.717, 1.165) is 0 Å². The van der Waals surface area contributed by atoms with Gasteiger partial charge in [-0.25, -0.2) is 0 Å². The molecule has 0 amide bonds. The Hall–Kier alpha value is 0.393. The van der Waals surface area contributed by atoms with Crippen LogP contribution in [0.1, 0.15) is 19.8 Å². The minimum absolute atomic E-state index is 0.556. The molecule has 1 aliphatic rings. The van der Waals surface area contributed by atoms with Crippen LogP contribution in [0.4, 0.5) is 0 Å². The molecule has 0 aliphatic heterocycles. The van der Waals surface area contributed by atoms with Gasteiger partial charge in [-0.05, 0) is 0 Å². The molecular weight excluding hydrogens is 247 g/mol. The Morgan fingerprint density at radius 3 is 2.50 bits per heavy atom. The van der Waals surface area contributed by atoms with Crippen molar-refractivity contribution in [3.05, 3.63) is 33.7 Å². The summed E-state index contributed by atoms with van der Waals surface area (Å²) in [4.78, 5) is 0. The molecule has 1 rings (SSSR count). The zero-order valence-electron chi connectivity index (χ0n) is 7.44. The van der Waals surface area contributed by atoms with Gasteiger partial charge in [0.2, 0.25) is 0 Å². The number of alkyl halides is 1. The van der Waals surface area contributed by atoms with Crippen molar-refractivity contribution in [2.24, 2.45) is 0 Å². The fourth-order valence-electron chi connectivity index (χ4n) is 0.882. The van der Waals surface area contributed by atoms with Crippen LogP contribution in [0.2, 0.25) is 0 Å². The molecule has 0 fully saturated rings. The molecule has 65 valence electrons. The Kier molecular flexibility index (Phi) is 8.28. The third kappa shape index (κ3) is 5.11. The van der Waals surface area contributed by atoms with Gasteiger partial charge in [-0.2, -0.15) is 0 Å². The van der Waals surface area contributed by atoms with E-state index in [1.54, 1.807) is 39.6 Å². The summed E-state index contributed by atoms with van der Waals surface area (Å²) in [6, 6.07) is 0. The molecule has 0 saturated heterocycles. The van der Waals surface area contributed by atoms with Gasteiger partial charge in [-0.15, -0.1) is 18.2 Å². The van der Waals surface area contributed by atoms with Gasteiger partial charge in [0, 0.05) is 5.88 Å². The van der Waals surface area contributed by atoms with Gasteiger partial charge in [0.1, 0.15) is 0 Å². The average Bonchev–Trinajstić information content (AvgIpc) is 2.51. The molecule has 0 atom stereocenters. The number of allylic oxidation sites excluding steroid dienone is 5. The van der Waals surface area contributed by atoms with Gasteiger partial charge in [0.25, 0.3) is 0 Å². The second kappa shape index (κ2) is 8.01. The second-order valence-corrected chi connectivity index (χ2v) is 4.20. The molecule has 0 radical (unpaired) electrons. The van der Waals surface area contributed by atoms with Crippen molar-refractivity contribution in [3.8, 4) is 0 Å². The van der Waals surface area contributed by atoms with E-state index in [-0.39, 0.29) is 0 Å². The van der Waals surface area contributed by atoms with Crippen molar-refractivity contribution in [2.75, 3.05) is 5.88 Å². The Morgan fingerprint density at radius 1 is 1.75 bits per heavy atom. The maximum absolute atomic E-state index is 5.07. The molecule has 1 aliphatic carbocycles. The summed E-state index contributed by atoms with van der Waals surface area (Å²) in [5.74, 6) is 0.556. The summed E-state index contributed by atoms with van der Waals surface area (Å²) in [7, 11) is 0. The summed E-state index contributed by atoms with van der Waals surface area (Å²) < 4.78 is 1.64. The summed E-state index contributed by atoms with van der Waals surface area (Å²) >= 11 is 6.66. The summed E-state index contributed by atoms with van der Waals surface area (Å²) in [6.07, 6.45) is 8.59. The Morgan fingerprint density at radius 2 is 2.33 bits per heavy atom. The van der Waals surface area contributed by atoms with Crippen LogP contribution in [-0.2, 0) is 24.7 Å². The molecule has 0 unspecified atom stereocenters. The van der Waals surface area contributed by atoms with Gasteiger partial charge in [0.05, 0.1) is 0 Å². The predicted molar refractivity (Wildman–Crippen MR) is 52.0 cm³/mol. The van der Waals surface area contributed by atoms with E-state index in [1.807, 2.05) is 0 Å². The summed E-state index contributed by atoms with van der Waals surface area (Å²) in [5.41, 5.74) is 1.57. The van der Waals surface area contributed by atoms with Crippen molar-refractivity contribution in [1.29, 1.82) is 0 Å². The van der Waals surface area contributed by atoms with Gasteiger partial charge in [0.15, 0.2) is 0 Å². The quantitative estimate of drug-likeness (QED) is 0.526. The van der Waals surface area contributed by atoms with Crippen molar-refractivity contribution < 1.29 is 24.7 Å². The van der Waals surface area contributed by atoms with Gasteiger partial charge in [-0.1, -0.05) is 6.08 Å². The third-order valence-electron chi connectivity index (χ3n) is 1.52. The number of hydrogen-bond acceptors (Lipinski definition) is 0. The molecule has 0 N–H and O–H groups in total. The molecule has 0 aromatic carbocycles. The first kappa shape index (κ1) is 12.4. The van der Waals surface area contributed by atoms with Crippen LogP contribution in [0.15, 0.2) is 33.7 Å². The molecule has 0 heterocycles. The number of halogens is 1. The molecule has 0 spiro atoms. The average molecular weight is 261 g/mol. The van der Waals surface area contributed by atoms with E-state index in [1.165, 1.54) is 12.8 Å². The standard InChI is InChI=1S/C7H9.C3H5Cl.Zr/c1-2-7-5-3-4-6-7;1-2-3-4;/h3,5H,2,4H2,1H3;2H,1,3H2;. The molecule has 0 aromatic rings. The Balaban J connectivity index is 0.000000261. The second-order valence-electron chi connectivity index (χ2n) is 2.41. The fourth-order valence-corrected chi connectivity index (χ4v) is 1.81. The maximum atomic E-state index is 5.07. The Bertz CT molecular complexity index is 192. The first-order valence-electron chi connectivity index (χ1n) is 4.03. The molecule has 12 heavy (non-hydrogen) atoms. The first-order valence-corrected chi connectivity index (χ1v) is 5.79. The summed E-state index contributed by atoms with van der Waals surface area (Å²) in [5, 5.41) is 0. The zero-order valence-corrected chi connectivity index (χ0v) is 10.7. The molecule has 0 saturated carbocycles. The molecule has 0 nitrogen and oxygen atoms in total. The van der Waals surface area contributed by atoms with Crippen LogP contribution in [0, 0.1) is 0 Å². The van der Waals surface area contributed by atoms with E-state index in [2.05, 4.69) is 25.7 Å². The third-order valence-corrected chi connectivity index (χ3v) is 3.03. The Labute approximate surface area is 95.2 Å². The van der Waals surface area contributed by atoms with Crippen LogP contribution in [0.5, 0.6) is 0 Å². The van der Waals surface area contributed by atoms with Crippen LogP contribution in [-0.4, -0.2) is 5.88 Å². The van der Waals surface area contributed by atoms with Gasteiger partial charge < -0.3 is 0 Å². The molecular formula is C10H14ClZr. The monoisotopic (exact) mass is 259 g/mol. The SMILES string of the molecule is C=CCCl.CCC1=[C]([Zr])CC=C1. The van der Waals surface area contributed by atoms with Crippen molar-refractivity contribution in [2.45, 2.75) is 19.8 Å². The van der Waals surface area contributed by atoms with Crippen LogP contribution >= 0.6 is 11.6 Å². The molecule has 0 bridgehead atoms. The van der Waals surface area contributed by atoms with E-state index >= 15 is 0 Å². The van der Waals surface area contributed by atoms with Crippen molar-refractivity contribution >= 4 is 11.6 Å². The molecule has 2 heteroatoms.